The average Bonchev–Trinajstić information content (AvgIpc) is 2.85. The number of rotatable bonds is 11. The molecule has 3 aromatic rings. The van der Waals surface area contributed by atoms with Crippen LogP contribution in [0.3, 0.4) is 0 Å². The molecule has 1 amide bonds. The van der Waals surface area contributed by atoms with Crippen LogP contribution in [0.5, 0.6) is 5.75 Å². The second-order valence-corrected chi connectivity index (χ2v) is 7.95. The van der Waals surface area contributed by atoms with Crippen molar-refractivity contribution in [1.82, 2.24) is 4.90 Å². The molecule has 184 valence electrons. The quantitative estimate of drug-likeness (QED) is 0.303. The van der Waals surface area contributed by atoms with E-state index in [0.29, 0.717) is 29.2 Å². The third kappa shape index (κ3) is 7.89. The van der Waals surface area contributed by atoms with Crippen molar-refractivity contribution in [3.63, 3.8) is 0 Å². The number of nitrogens with one attached hydrogen (secondary N) is 1. The molecule has 0 unspecified atom stereocenters. The molecule has 0 saturated carbocycles. The van der Waals surface area contributed by atoms with Crippen molar-refractivity contribution in [3.05, 3.63) is 83.9 Å². The molecule has 1 N–H and O–H groups in total. The maximum atomic E-state index is 14.4. The molecule has 0 aliphatic heterocycles. The van der Waals surface area contributed by atoms with Crippen LogP contribution in [0.25, 0.3) is 11.1 Å². The zero-order chi connectivity index (χ0) is 25.2. The van der Waals surface area contributed by atoms with Crippen molar-refractivity contribution in [2.45, 2.75) is 13.3 Å². The lowest BCUT2D eigenvalue weighted by Crippen LogP contribution is -2.22. The minimum Gasteiger partial charge on any atom is -0.482 e. The van der Waals surface area contributed by atoms with Gasteiger partial charge in [0.15, 0.2) is 6.61 Å². The van der Waals surface area contributed by atoms with Crippen molar-refractivity contribution >= 4 is 17.6 Å². The van der Waals surface area contributed by atoms with Crippen LogP contribution in [0.4, 0.5) is 14.5 Å². The highest BCUT2D eigenvalue weighted by atomic mass is 19.1. The molecule has 0 aliphatic rings. The molecule has 0 saturated heterocycles. The maximum absolute atomic E-state index is 14.4. The van der Waals surface area contributed by atoms with Gasteiger partial charge in [-0.15, -0.1) is 0 Å². The summed E-state index contributed by atoms with van der Waals surface area (Å²) in [6.07, 6.45) is 0.731. The van der Waals surface area contributed by atoms with E-state index < -0.39 is 23.5 Å². The van der Waals surface area contributed by atoms with E-state index in [-0.39, 0.29) is 12.2 Å². The molecule has 35 heavy (non-hydrogen) atoms. The first-order valence-corrected chi connectivity index (χ1v) is 11.3. The SMILES string of the molecule is CCN(C)CCCOC(=O)COc1cccc(NC(=O)c2cc(-c3cccc(F)c3)ccc2F)c1. The standard InChI is InChI=1S/C27H28F2N2O4/c1-3-31(2)13-6-14-34-26(32)18-35-23-10-5-9-22(17-23)30-27(33)24-16-20(11-12-25(24)29)19-7-4-8-21(28)15-19/h4-5,7-12,15-17H,3,6,13-14,18H2,1-2H3,(H,30,33). The number of carbonyl (C=O) groups is 2. The molecule has 0 aromatic heterocycles. The van der Waals surface area contributed by atoms with Crippen LogP contribution in [0, 0.1) is 11.6 Å². The van der Waals surface area contributed by atoms with Gasteiger partial charge in [-0.3, -0.25) is 4.79 Å². The van der Waals surface area contributed by atoms with Crippen molar-refractivity contribution in [2.75, 3.05) is 38.7 Å². The van der Waals surface area contributed by atoms with Gasteiger partial charge in [-0.1, -0.05) is 31.2 Å². The Bertz CT molecular complexity index is 1170. The Kier molecular flexibility index (Phi) is 9.31. The topological polar surface area (TPSA) is 67.9 Å². The highest BCUT2D eigenvalue weighted by molar-refractivity contribution is 6.05. The second-order valence-electron chi connectivity index (χ2n) is 7.95. The zero-order valence-corrected chi connectivity index (χ0v) is 19.7. The van der Waals surface area contributed by atoms with Crippen LogP contribution in [0.15, 0.2) is 66.7 Å². The summed E-state index contributed by atoms with van der Waals surface area (Å²) in [7, 11) is 1.99. The summed E-state index contributed by atoms with van der Waals surface area (Å²) in [5.41, 5.74) is 1.21. The summed E-state index contributed by atoms with van der Waals surface area (Å²) >= 11 is 0. The molecule has 6 nitrogen and oxygen atoms in total. The van der Waals surface area contributed by atoms with Crippen molar-refractivity contribution < 1.29 is 27.8 Å². The van der Waals surface area contributed by atoms with Gasteiger partial charge in [-0.2, -0.15) is 0 Å². The van der Waals surface area contributed by atoms with E-state index in [2.05, 4.69) is 17.1 Å². The van der Waals surface area contributed by atoms with Crippen LogP contribution in [0.2, 0.25) is 0 Å². The predicted octanol–water partition coefficient (Wildman–Crippen LogP) is 5.15. The molecule has 0 atom stereocenters. The highest BCUT2D eigenvalue weighted by Gasteiger charge is 2.14. The van der Waals surface area contributed by atoms with Gasteiger partial charge in [0.25, 0.3) is 5.91 Å². The van der Waals surface area contributed by atoms with Crippen molar-refractivity contribution in [3.8, 4) is 16.9 Å². The summed E-state index contributed by atoms with van der Waals surface area (Å²) in [5, 5.41) is 2.62. The number of carbonyl (C=O) groups excluding carboxylic acids is 2. The van der Waals surface area contributed by atoms with E-state index in [1.54, 1.807) is 30.3 Å². The van der Waals surface area contributed by atoms with E-state index in [1.165, 1.54) is 36.4 Å². The van der Waals surface area contributed by atoms with Gasteiger partial charge >= 0.3 is 5.97 Å². The molecular weight excluding hydrogens is 454 g/mol. The number of amides is 1. The number of benzene rings is 3. The lowest BCUT2D eigenvalue weighted by atomic mass is 10.0. The van der Waals surface area contributed by atoms with Gasteiger partial charge in [0.05, 0.1) is 12.2 Å². The van der Waals surface area contributed by atoms with Crippen LogP contribution >= 0.6 is 0 Å². The molecular formula is C27H28F2N2O4. The largest absolute Gasteiger partial charge is 0.482 e. The monoisotopic (exact) mass is 482 g/mol. The lowest BCUT2D eigenvalue weighted by molar-refractivity contribution is -0.146. The molecule has 3 rings (SSSR count). The fraction of sp³-hybridized carbons (Fsp3) is 0.259. The number of hydrogen-bond donors (Lipinski definition) is 1. The molecule has 8 heteroatoms. The number of halogens is 2. The summed E-state index contributed by atoms with van der Waals surface area (Å²) < 4.78 is 38.6. The van der Waals surface area contributed by atoms with Gasteiger partial charge in [0, 0.05) is 18.3 Å². The van der Waals surface area contributed by atoms with Gasteiger partial charge < -0.3 is 19.7 Å². The summed E-state index contributed by atoms with van der Waals surface area (Å²) in [5.74, 6) is -1.95. The normalized spacial score (nSPS) is 10.8. The molecule has 0 spiro atoms. The van der Waals surface area contributed by atoms with E-state index >= 15 is 0 Å². The van der Waals surface area contributed by atoms with E-state index in [1.807, 2.05) is 7.05 Å². The maximum Gasteiger partial charge on any atom is 0.344 e. The van der Waals surface area contributed by atoms with E-state index in [9.17, 15) is 18.4 Å². The van der Waals surface area contributed by atoms with Gasteiger partial charge in [-0.05, 0) is 67.5 Å². The van der Waals surface area contributed by atoms with Crippen LogP contribution in [-0.4, -0.2) is 50.1 Å². The van der Waals surface area contributed by atoms with Crippen LogP contribution in [-0.2, 0) is 9.53 Å². The number of nitrogens with zero attached hydrogens (tertiary/aromatic N) is 1. The predicted molar refractivity (Wildman–Crippen MR) is 130 cm³/mol. The number of esters is 1. The third-order valence-electron chi connectivity index (χ3n) is 5.30. The fourth-order valence-corrected chi connectivity index (χ4v) is 3.27. The Morgan fingerprint density at radius 1 is 0.971 bits per heavy atom. The Hall–Kier alpha value is -3.78. The highest BCUT2D eigenvalue weighted by Crippen LogP contribution is 2.24. The first-order valence-electron chi connectivity index (χ1n) is 11.3. The van der Waals surface area contributed by atoms with Crippen LogP contribution < -0.4 is 10.1 Å². The molecule has 0 radical (unpaired) electrons. The van der Waals surface area contributed by atoms with Gasteiger partial charge in [0.2, 0.25) is 0 Å². The molecule has 0 aliphatic carbocycles. The first kappa shape index (κ1) is 25.8. The van der Waals surface area contributed by atoms with E-state index in [0.717, 1.165) is 19.5 Å². The number of ether oxygens (including phenoxy) is 2. The average molecular weight is 483 g/mol. The van der Waals surface area contributed by atoms with Crippen molar-refractivity contribution in [2.24, 2.45) is 0 Å². The molecule has 0 fully saturated rings. The lowest BCUT2D eigenvalue weighted by Gasteiger charge is -2.13. The van der Waals surface area contributed by atoms with E-state index in [4.69, 9.17) is 9.47 Å². The first-order chi connectivity index (χ1) is 16.9. The van der Waals surface area contributed by atoms with Gasteiger partial charge in [-0.25, -0.2) is 13.6 Å². The second kappa shape index (κ2) is 12.6. The van der Waals surface area contributed by atoms with Crippen LogP contribution in [0.1, 0.15) is 23.7 Å². The smallest absolute Gasteiger partial charge is 0.344 e. The zero-order valence-electron chi connectivity index (χ0n) is 19.7. The minimum absolute atomic E-state index is 0.185. The molecule has 0 heterocycles. The summed E-state index contributed by atoms with van der Waals surface area (Å²) in [6, 6.07) is 16.3. The summed E-state index contributed by atoms with van der Waals surface area (Å²) in [6.45, 7) is 3.85. The van der Waals surface area contributed by atoms with Crippen molar-refractivity contribution in [1.29, 1.82) is 0 Å². The number of hydrogen-bond acceptors (Lipinski definition) is 5. The fourth-order valence-electron chi connectivity index (χ4n) is 3.27. The Morgan fingerprint density at radius 3 is 2.51 bits per heavy atom. The van der Waals surface area contributed by atoms with Gasteiger partial charge in [0.1, 0.15) is 17.4 Å². The summed E-state index contributed by atoms with van der Waals surface area (Å²) in [4.78, 5) is 26.7. The number of anilines is 1. The Labute approximate surface area is 203 Å². The Morgan fingerprint density at radius 2 is 1.74 bits per heavy atom. The third-order valence-corrected chi connectivity index (χ3v) is 5.30. The molecule has 3 aromatic carbocycles. The Balaban J connectivity index is 1.58. The minimum atomic E-state index is -0.706. The molecule has 0 bridgehead atoms.